The Morgan fingerprint density at radius 1 is 0.952 bits per heavy atom. The van der Waals surface area contributed by atoms with Gasteiger partial charge in [-0.1, -0.05) is 6.07 Å². The standard InChI is InChI=1S/C27H18F3N3O9/c1-40-22-12-14(3-9-21(22)42-20-10-6-16(27(28,29)30)13-19(20)33(38)39)11-18-23(34)31-26(37)32(24(18)35)17-7-4-15(5-8-17)25(36)41-2/h3-13H,1-2H3,(H,31,34,37)/b18-11+. The average molecular weight is 585 g/mol. The summed E-state index contributed by atoms with van der Waals surface area (Å²) in [6.45, 7) is 0. The molecule has 0 spiro atoms. The van der Waals surface area contributed by atoms with Crippen LogP contribution in [0, 0.1) is 10.1 Å². The van der Waals surface area contributed by atoms with Crippen LogP contribution in [0.4, 0.5) is 29.3 Å². The zero-order valence-electron chi connectivity index (χ0n) is 21.6. The summed E-state index contributed by atoms with van der Waals surface area (Å²) in [6, 6.07) is 9.90. The normalized spacial score (nSPS) is 14.5. The predicted octanol–water partition coefficient (Wildman–Crippen LogP) is 4.87. The lowest BCUT2D eigenvalue weighted by atomic mass is 10.1. The first-order valence-electron chi connectivity index (χ1n) is 11.7. The molecule has 1 aliphatic heterocycles. The van der Waals surface area contributed by atoms with Crippen LogP contribution in [-0.2, 0) is 20.5 Å². The van der Waals surface area contributed by atoms with E-state index in [0.29, 0.717) is 17.0 Å². The topological polar surface area (TPSA) is 154 Å². The molecule has 12 nitrogen and oxygen atoms in total. The summed E-state index contributed by atoms with van der Waals surface area (Å²) in [5.74, 6) is -3.27. The van der Waals surface area contributed by atoms with E-state index in [1.165, 1.54) is 56.7 Å². The van der Waals surface area contributed by atoms with E-state index in [-0.39, 0.29) is 28.3 Å². The first-order chi connectivity index (χ1) is 19.8. The average Bonchev–Trinajstić information content (AvgIpc) is 2.95. The van der Waals surface area contributed by atoms with Gasteiger partial charge in [0.2, 0.25) is 5.75 Å². The number of ether oxygens (including phenoxy) is 3. The van der Waals surface area contributed by atoms with Crippen molar-refractivity contribution in [1.82, 2.24) is 5.32 Å². The van der Waals surface area contributed by atoms with E-state index >= 15 is 0 Å². The summed E-state index contributed by atoms with van der Waals surface area (Å²) in [6.07, 6.45) is -3.67. The number of nitro benzene ring substituents is 1. The molecule has 1 heterocycles. The smallest absolute Gasteiger partial charge is 0.416 e. The van der Waals surface area contributed by atoms with Crippen LogP contribution in [0.15, 0.2) is 66.2 Å². The molecule has 0 saturated carbocycles. The Morgan fingerprint density at radius 3 is 2.21 bits per heavy atom. The van der Waals surface area contributed by atoms with Crippen LogP contribution in [0.3, 0.4) is 0 Å². The van der Waals surface area contributed by atoms with Crippen molar-refractivity contribution >= 4 is 41.3 Å². The van der Waals surface area contributed by atoms with Crippen molar-refractivity contribution in [3.05, 3.63) is 93.0 Å². The van der Waals surface area contributed by atoms with Crippen molar-refractivity contribution in [1.29, 1.82) is 0 Å². The number of halogens is 3. The molecule has 42 heavy (non-hydrogen) atoms. The molecular weight excluding hydrogens is 567 g/mol. The number of hydrogen-bond acceptors (Lipinski definition) is 9. The van der Waals surface area contributed by atoms with E-state index in [1.54, 1.807) is 0 Å². The van der Waals surface area contributed by atoms with Crippen LogP contribution >= 0.6 is 0 Å². The van der Waals surface area contributed by atoms with Crippen LogP contribution < -0.4 is 19.7 Å². The molecule has 1 aliphatic rings. The number of amides is 4. The van der Waals surface area contributed by atoms with Gasteiger partial charge in [-0.15, -0.1) is 0 Å². The molecule has 4 rings (SSSR count). The Balaban J connectivity index is 1.65. The number of nitro groups is 1. The molecule has 0 bridgehead atoms. The number of nitrogens with zero attached hydrogens (tertiary/aromatic N) is 2. The number of urea groups is 1. The number of barbiturate groups is 1. The molecule has 1 N–H and O–H groups in total. The number of carbonyl (C=O) groups excluding carboxylic acids is 4. The SMILES string of the molecule is COC(=O)c1ccc(N2C(=O)NC(=O)/C(=C\c3ccc(Oc4ccc(C(F)(F)F)cc4[N+](=O)[O-])c(OC)c3)C2=O)cc1. The lowest BCUT2D eigenvalue weighted by molar-refractivity contribution is -0.385. The van der Waals surface area contributed by atoms with Gasteiger partial charge in [-0.25, -0.2) is 14.5 Å². The fourth-order valence-corrected chi connectivity index (χ4v) is 3.82. The highest BCUT2D eigenvalue weighted by molar-refractivity contribution is 6.39. The third-order valence-corrected chi connectivity index (χ3v) is 5.85. The van der Waals surface area contributed by atoms with E-state index in [4.69, 9.17) is 9.47 Å². The van der Waals surface area contributed by atoms with Gasteiger partial charge in [0.05, 0.1) is 36.0 Å². The van der Waals surface area contributed by atoms with Crippen molar-refractivity contribution in [2.45, 2.75) is 6.18 Å². The summed E-state index contributed by atoms with van der Waals surface area (Å²) in [5.41, 5.74) is -2.20. The van der Waals surface area contributed by atoms with Gasteiger partial charge in [-0.05, 0) is 60.2 Å². The van der Waals surface area contributed by atoms with Crippen LogP contribution in [0.2, 0.25) is 0 Å². The highest BCUT2D eigenvalue weighted by Gasteiger charge is 2.37. The molecule has 3 aromatic carbocycles. The Bertz CT molecular complexity index is 1650. The number of nitrogens with one attached hydrogen (secondary N) is 1. The van der Waals surface area contributed by atoms with Crippen molar-refractivity contribution in [3.63, 3.8) is 0 Å². The monoisotopic (exact) mass is 585 g/mol. The van der Waals surface area contributed by atoms with Gasteiger partial charge in [0.15, 0.2) is 11.5 Å². The second-order valence-corrected chi connectivity index (χ2v) is 8.45. The maximum Gasteiger partial charge on any atom is 0.416 e. The third kappa shape index (κ3) is 5.89. The van der Waals surface area contributed by atoms with Gasteiger partial charge in [-0.3, -0.25) is 25.0 Å². The van der Waals surface area contributed by atoms with Gasteiger partial charge < -0.3 is 14.2 Å². The fourth-order valence-electron chi connectivity index (χ4n) is 3.82. The van der Waals surface area contributed by atoms with Gasteiger partial charge in [0.25, 0.3) is 11.8 Å². The van der Waals surface area contributed by atoms with Gasteiger partial charge in [0.1, 0.15) is 5.57 Å². The zero-order chi connectivity index (χ0) is 30.8. The molecule has 0 atom stereocenters. The van der Waals surface area contributed by atoms with Gasteiger partial charge >= 0.3 is 23.9 Å². The molecule has 15 heteroatoms. The first kappa shape index (κ1) is 29.3. The molecule has 0 aromatic heterocycles. The van der Waals surface area contributed by atoms with Crippen molar-refractivity contribution in [2.75, 3.05) is 19.1 Å². The highest BCUT2D eigenvalue weighted by Crippen LogP contribution is 2.40. The second kappa shape index (κ2) is 11.4. The summed E-state index contributed by atoms with van der Waals surface area (Å²) < 4.78 is 54.4. The molecule has 0 aliphatic carbocycles. The maximum absolute atomic E-state index is 13.2. The Morgan fingerprint density at radius 2 is 1.62 bits per heavy atom. The van der Waals surface area contributed by atoms with E-state index < -0.39 is 57.5 Å². The zero-order valence-corrected chi connectivity index (χ0v) is 21.6. The van der Waals surface area contributed by atoms with Crippen molar-refractivity contribution in [3.8, 4) is 17.2 Å². The fraction of sp³-hybridized carbons (Fsp3) is 0.111. The minimum atomic E-state index is -4.81. The molecule has 0 radical (unpaired) electrons. The van der Waals surface area contributed by atoms with E-state index in [2.05, 4.69) is 4.74 Å². The summed E-state index contributed by atoms with van der Waals surface area (Å²) in [4.78, 5) is 60.9. The predicted molar refractivity (Wildman–Crippen MR) is 138 cm³/mol. The first-order valence-corrected chi connectivity index (χ1v) is 11.7. The molecular formula is C27H18F3N3O9. The number of carbonyl (C=O) groups is 4. The van der Waals surface area contributed by atoms with Crippen LogP contribution in [0.1, 0.15) is 21.5 Å². The number of rotatable bonds is 7. The Labute approximate surface area is 234 Å². The quantitative estimate of drug-likeness (QED) is 0.134. The molecule has 3 aromatic rings. The number of hydrogen-bond donors (Lipinski definition) is 1. The van der Waals surface area contributed by atoms with Crippen LogP contribution in [-0.4, -0.2) is 43.0 Å². The third-order valence-electron chi connectivity index (χ3n) is 5.85. The second-order valence-electron chi connectivity index (χ2n) is 8.45. The van der Waals surface area contributed by atoms with E-state index in [9.17, 15) is 42.5 Å². The van der Waals surface area contributed by atoms with E-state index in [0.717, 1.165) is 12.1 Å². The van der Waals surface area contributed by atoms with E-state index in [1.807, 2.05) is 5.32 Å². The minimum Gasteiger partial charge on any atom is -0.493 e. The molecule has 4 amide bonds. The van der Waals surface area contributed by atoms with Crippen LogP contribution in [0.25, 0.3) is 6.08 Å². The summed E-state index contributed by atoms with van der Waals surface area (Å²) in [7, 11) is 2.41. The lowest BCUT2D eigenvalue weighted by Gasteiger charge is -2.26. The van der Waals surface area contributed by atoms with Gasteiger partial charge in [-0.2, -0.15) is 13.2 Å². The maximum atomic E-state index is 13.2. The number of imide groups is 2. The number of benzene rings is 3. The Hall–Kier alpha value is -5.73. The number of methoxy groups -OCH3 is 2. The van der Waals surface area contributed by atoms with Crippen molar-refractivity contribution < 1.29 is 51.5 Å². The lowest BCUT2D eigenvalue weighted by Crippen LogP contribution is -2.54. The molecule has 1 saturated heterocycles. The van der Waals surface area contributed by atoms with Crippen molar-refractivity contribution in [2.24, 2.45) is 0 Å². The highest BCUT2D eigenvalue weighted by atomic mass is 19.4. The molecule has 1 fully saturated rings. The number of esters is 1. The molecule has 216 valence electrons. The minimum absolute atomic E-state index is 0.0476. The Kier molecular flexibility index (Phi) is 7.94. The van der Waals surface area contributed by atoms with Gasteiger partial charge in [0, 0.05) is 6.07 Å². The number of anilines is 1. The summed E-state index contributed by atoms with van der Waals surface area (Å²) >= 11 is 0. The number of alkyl halides is 3. The van der Waals surface area contributed by atoms with Crippen LogP contribution in [0.5, 0.6) is 17.2 Å². The summed E-state index contributed by atoms with van der Waals surface area (Å²) in [5, 5.41) is 13.4. The largest absolute Gasteiger partial charge is 0.493 e. The molecule has 0 unspecified atom stereocenters.